The van der Waals surface area contributed by atoms with E-state index < -0.39 is 10.0 Å². The second-order valence-electron chi connectivity index (χ2n) is 7.67. The fraction of sp³-hybridized carbons (Fsp3) is 0.115. The highest BCUT2D eigenvalue weighted by Crippen LogP contribution is 2.26. The van der Waals surface area contributed by atoms with Gasteiger partial charge < -0.3 is 5.32 Å². The van der Waals surface area contributed by atoms with Crippen molar-refractivity contribution in [1.82, 2.24) is 5.32 Å². The number of para-hydroxylation sites is 1. The second kappa shape index (κ2) is 8.85. The van der Waals surface area contributed by atoms with Crippen LogP contribution in [-0.4, -0.2) is 21.4 Å². The number of nitrogens with zero attached hydrogens (tertiary/aromatic N) is 1. The van der Waals surface area contributed by atoms with E-state index in [1.165, 1.54) is 7.05 Å². The number of fused-ring (bicyclic) bond motifs is 1. The molecule has 32 heavy (non-hydrogen) atoms. The van der Waals surface area contributed by atoms with Crippen molar-refractivity contribution < 1.29 is 13.2 Å². The van der Waals surface area contributed by atoms with Gasteiger partial charge in [0, 0.05) is 13.6 Å². The average molecular weight is 445 g/mol. The number of sulfonamides is 1. The van der Waals surface area contributed by atoms with E-state index >= 15 is 0 Å². The first-order valence-corrected chi connectivity index (χ1v) is 11.7. The van der Waals surface area contributed by atoms with E-state index in [1.54, 1.807) is 48.5 Å². The third-order valence-corrected chi connectivity index (χ3v) is 7.22. The first-order chi connectivity index (χ1) is 15.4. The Hall–Kier alpha value is -3.64. The van der Waals surface area contributed by atoms with Crippen molar-refractivity contribution in [2.75, 3.05) is 11.4 Å². The number of benzene rings is 4. The monoisotopic (exact) mass is 444 g/mol. The average Bonchev–Trinajstić information content (AvgIpc) is 2.82. The highest BCUT2D eigenvalue weighted by Gasteiger charge is 2.24. The number of carbonyl (C=O) groups is 1. The molecule has 4 aromatic rings. The molecule has 0 radical (unpaired) electrons. The van der Waals surface area contributed by atoms with Gasteiger partial charge in [-0.15, -0.1) is 0 Å². The molecule has 6 heteroatoms. The van der Waals surface area contributed by atoms with E-state index in [0.717, 1.165) is 26.2 Å². The van der Waals surface area contributed by atoms with Gasteiger partial charge in [0.2, 0.25) is 0 Å². The molecule has 0 aromatic heterocycles. The normalized spacial score (nSPS) is 11.3. The molecule has 4 aromatic carbocycles. The highest BCUT2D eigenvalue weighted by molar-refractivity contribution is 7.92. The summed E-state index contributed by atoms with van der Waals surface area (Å²) in [7, 11) is -2.34. The van der Waals surface area contributed by atoms with Gasteiger partial charge in [0.25, 0.3) is 15.9 Å². The molecule has 0 aliphatic heterocycles. The van der Waals surface area contributed by atoms with Crippen LogP contribution in [-0.2, 0) is 16.6 Å². The summed E-state index contributed by atoms with van der Waals surface area (Å²) in [6.07, 6.45) is 0. The summed E-state index contributed by atoms with van der Waals surface area (Å²) in [6.45, 7) is 2.24. The van der Waals surface area contributed by atoms with Crippen LogP contribution >= 0.6 is 0 Å². The molecule has 0 heterocycles. The van der Waals surface area contributed by atoms with Gasteiger partial charge in [-0.1, -0.05) is 66.2 Å². The number of rotatable bonds is 6. The largest absolute Gasteiger partial charge is 0.348 e. The number of hydrogen-bond donors (Lipinski definition) is 1. The van der Waals surface area contributed by atoms with E-state index in [2.05, 4.69) is 5.32 Å². The Morgan fingerprint density at radius 3 is 2.25 bits per heavy atom. The lowest BCUT2D eigenvalue weighted by Crippen LogP contribution is -2.30. The lowest BCUT2D eigenvalue weighted by atomic mass is 10.1. The summed E-state index contributed by atoms with van der Waals surface area (Å²) in [5.41, 5.74) is 2.56. The summed E-state index contributed by atoms with van der Waals surface area (Å²) < 4.78 is 27.4. The zero-order valence-electron chi connectivity index (χ0n) is 17.9. The summed E-state index contributed by atoms with van der Waals surface area (Å²) >= 11 is 0. The van der Waals surface area contributed by atoms with Crippen LogP contribution in [0, 0.1) is 6.92 Å². The van der Waals surface area contributed by atoms with Gasteiger partial charge in [-0.2, -0.15) is 0 Å². The van der Waals surface area contributed by atoms with Gasteiger partial charge in [-0.25, -0.2) is 8.42 Å². The topological polar surface area (TPSA) is 66.5 Å². The quantitative estimate of drug-likeness (QED) is 0.460. The van der Waals surface area contributed by atoms with E-state index in [9.17, 15) is 13.2 Å². The number of aryl methyl sites for hydroxylation is 1. The number of carbonyl (C=O) groups excluding carboxylic acids is 1. The minimum atomic E-state index is -3.80. The third-order valence-electron chi connectivity index (χ3n) is 5.43. The SMILES string of the molecule is Cc1ccc(S(=O)(=O)N(C)c2ccccc2C(=O)NCc2ccc3ccccc3c2)cc1. The maximum Gasteiger partial charge on any atom is 0.264 e. The van der Waals surface area contributed by atoms with Gasteiger partial charge in [-0.05, 0) is 53.6 Å². The fourth-order valence-electron chi connectivity index (χ4n) is 3.56. The van der Waals surface area contributed by atoms with E-state index in [1.807, 2.05) is 49.4 Å². The predicted molar refractivity (Wildman–Crippen MR) is 128 cm³/mol. The zero-order chi connectivity index (χ0) is 22.7. The maximum atomic E-state index is 13.1. The van der Waals surface area contributed by atoms with Gasteiger partial charge >= 0.3 is 0 Å². The number of anilines is 1. The Morgan fingerprint density at radius 1 is 0.844 bits per heavy atom. The molecule has 0 unspecified atom stereocenters. The minimum Gasteiger partial charge on any atom is -0.348 e. The molecule has 0 atom stereocenters. The third kappa shape index (κ3) is 4.36. The highest BCUT2D eigenvalue weighted by atomic mass is 32.2. The van der Waals surface area contributed by atoms with Crippen molar-refractivity contribution in [2.45, 2.75) is 18.4 Å². The summed E-state index contributed by atoms with van der Waals surface area (Å²) in [5, 5.41) is 5.15. The van der Waals surface area contributed by atoms with Crippen LogP contribution in [0.3, 0.4) is 0 Å². The minimum absolute atomic E-state index is 0.178. The lowest BCUT2D eigenvalue weighted by Gasteiger charge is -2.22. The van der Waals surface area contributed by atoms with Crippen molar-refractivity contribution in [3.05, 3.63) is 108 Å². The van der Waals surface area contributed by atoms with Crippen LogP contribution in [0.4, 0.5) is 5.69 Å². The van der Waals surface area contributed by atoms with Crippen molar-refractivity contribution in [3.63, 3.8) is 0 Å². The molecule has 0 fully saturated rings. The number of amides is 1. The van der Waals surface area contributed by atoms with Crippen molar-refractivity contribution in [2.24, 2.45) is 0 Å². The van der Waals surface area contributed by atoms with Crippen LogP contribution in [0.15, 0.2) is 95.9 Å². The number of nitrogens with one attached hydrogen (secondary N) is 1. The van der Waals surface area contributed by atoms with Crippen LogP contribution in [0.5, 0.6) is 0 Å². The fourth-order valence-corrected chi connectivity index (χ4v) is 4.78. The molecule has 1 N–H and O–H groups in total. The van der Waals surface area contributed by atoms with Gasteiger partial charge in [0.1, 0.15) is 0 Å². The Morgan fingerprint density at radius 2 is 1.50 bits per heavy atom. The van der Waals surface area contributed by atoms with Gasteiger partial charge in [-0.3, -0.25) is 9.10 Å². The van der Waals surface area contributed by atoms with E-state index in [-0.39, 0.29) is 10.8 Å². The molecule has 162 valence electrons. The molecule has 0 bridgehead atoms. The summed E-state index contributed by atoms with van der Waals surface area (Å²) in [4.78, 5) is 13.2. The first kappa shape index (κ1) is 21.6. The smallest absolute Gasteiger partial charge is 0.264 e. The van der Waals surface area contributed by atoms with Crippen LogP contribution < -0.4 is 9.62 Å². The molecule has 5 nitrogen and oxygen atoms in total. The predicted octanol–water partition coefficient (Wildman–Crippen LogP) is 4.90. The molecule has 0 saturated carbocycles. The van der Waals surface area contributed by atoms with Gasteiger partial charge in [0.15, 0.2) is 0 Å². The second-order valence-corrected chi connectivity index (χ2v) is 9.64. The van der Waals surface area contributed by atoms with Gasteiger partial charge in [0.05, 0.1) is 16.1 Å². The van der Waals surface area contributed by atoms with Crippen molar-refractivity contribution in [3.8, 4) is 0 Å². The van der Waals surface area contributed by atoms with Crippen LogP contribution in [0.2, 0.25) is 0 Å². The first-order valence-electron chi connectivity index (χ1n) is 10.3. The molecular formula is C26H24N2O3S. The molecule has 0 aliphatic carbocycles. The zero-order valence-corrected chi connectivity index (χ0v) is 18.8. The molecule has 0 spiro atoms. The molecule has 0 aliphatic rings. The Labute approximate surface area is 188 Å². The van der Waals surface area contributed by atoms with Crippen molar-refractivity contribution >= 4 is 32.4 Å². The maximum absolute atomic E-state index is 13.1. The van der Waals surface area contributed by atoms with Crippen LogP contribution in [0.1, 0.15) is 21.5 Å². The Kier molecular flexibility index (Phi) is 5.97. The molecule has 4 rings (SSSR count). The van der Waals surface area contributed by atoms with Crippen LogP contribution in [0.25, 0.3) is 10.8 Å². The summed E-state index contributed by atoms with van der Waals surface area (Å²) in [6, 6.07) is 27.4. The Balaban J connectivity index is 1.56. The van der Waals surface area contributed by atoms with Crippen molar-refractivity contribution in [1.29, 1.82) is 0 Å². The molecular weight excluding hydrogens is 420 g/mol. The summed E-state index contributed by atoms with van der Waals surface area (Å²) in [5.74, 6) is -0.334. The molecule has 1 amide bonds. The van der Waals surface area contributed by atoms with E-state index in [0.29, 0.717) is 17.8 Å². The standard InChI is InChI=1S/C26H24N2O3S/c1-19-11-15-23(16-12-19)32(30,31)28(2)25-10-6-5-9-24(25)26(29)27-18-20-13-14-21-7-3-4-8-22(21)17-20/h3-17H,18H2,1-2H3,(H,27,29). The lowest BCUT2D eigenvalue weighted by molar-refractivity contribution is 0.0951. The molecule has 0 saturated heterocycles. The van der Waals surface area contributed by atoms with E-state index in [4.69, 9.17) is 0 Å². The number of hydrogen-bond acceptors (Lipinski definition) is 3. The Bertz CT molecular complexity index is 1380.